The zero-order chi connectivity index (χ0) is 14.5. The Morgan fingerprint density at radius 2 is 1.80 bits per heavy atom. The van der Waals surface area contributed by atoms with Crippen LogP contribution in [0.1, 0.15) is 78.6 Å². The van der Waals surface area contributed by atoms with Crippen LogP contribution in [0.4, 0.5) is 0 Å². The van der Waals surface area contributed by atoms with Crippen LogP contribution in [0.5, 0.6) is 0 Å². The van der Waals surface area contributed by atoms with E-state index in [4.69, 9.17) is 0 Å². The van der Waals surface area contributed by atoms with Gasteiger partial charge in [-0.15, -0.1) is 0 Å². The van der Waals surface area contributed by atoms with Gasteiger partial charge >= 0.3 is 0 Å². The van der Waals surface area contributed by atoms with Crippen molar-refractivity contribution in [1.29, 1.82) is 0 Å². The molecule has 0 radical (unpaired) electrons. The molecule has 1 aliphatic heterocycles. The molecule has 0 aromatic heterocycles. The van der Waals surface area contributed by atoms with Crippen molar-refractivity contribution in [2.45, 2.75) is 96.8 Å². The Labute approximate surface area is 124 Å². The summed E-state index contributed by atoms with van der Waals surface area (Å²) in [5, 5.41) is 3.61. The second kappa shape index (κ2) is 7.44. The highest BCUT2D eigenvalue weighted by Gasteiger charge is 2.41. The van der Waals surface area contributed by atoms with Crippen LogP contribution in [-0.2, 0) is 4.79 Å². The predicted octanol–water partition coefficient (Wildman–Crippen LogP) is 3.68. The quantitative estimate of drug-likeness (QED) is 0.805. The number of hydrogen-bond acceptors (Lipinski definition) is 2. The monoisotopic (exact) mass is 280 g/mol. The minimum Gasteiger partial charge on any atom is -0.323 e. The molecule has 3 heteroatoms. The van der Waals surface area contributed by atoms with Crippen LogP contribution in [0.25, 0.3) is 0 Å². The van der Waals surface area contributed by atoms with Gasteiger partial charge < -0.3 is 4.90 Å². The lowest BCUT2D eigenvalue weighted by molar-refractivity contribution is -0.133. The van der Waals surface area contributed by atoms with Crippen molar-refractivity contribution in [2.24, 2.45) is 5.92 Å². The normalized spacial score (nSPS) is 34.8. The first kappa shape index (κ1) is 15.8. The molecule has 0 spiro atoms. The molecular weight excluding hydrogens is 248 g/mol. The highest BCUT2D eigenvalue weighted by atomic mass is 16.2. The summed E-state index contributed by atoms with van der Waals surface area (Å²) in [4.78, 5) is 15.0. The summed E-state index contributed by atoms with van der Waals surface area (Å²) in [6.07, 6.45) is 10.8. The van der Waals surface area contributed by atoms with Gasteiger partial charge in [0.1, 0.15) is 0 Å². The molecule has 1 saturated heterocycles. The van der Waals surface area contributed by atoms with Gasteiger partial charge in [0.2, 0.25) is 5.91 Å². The number of amides is 1. The smallest absolute Gasteiger partial charge is 0.241 e. The van der Waals surface area contributed by atoms with Crippen LogP contribution in [0.2, 0.25) is 0 Å². The van der Waals surface area contributed by atoms with E-state index in [-0.39, 0.29) is 6.04 Å². The summed E-state index contributed by atoms with van der Waals surface area (Å²) in [6, 6.07) is 0.584. The number of nitrogens with one attached hydrogen (secondary N) is 1. The Kier molecular flexibility index (Phi) is 5.88. The first-order valence-corrected chi connectivity index (χ1v) is 8.75. The van der Waals surface area contributed by atoms with Gasteiger partial charge in [0.25, 0.3) is 0 Å². The van der Waals surface area contributed by atoms with E-state index < -0.39 is 0 Å². The number of carbonyl (C=O) groups excluding carboxylic acids is 1. The zero-order valence-electron chi connectivity index (χ0n) is 13.5. The molecular formula is C17H32N2O. The number of unbranched alkanes of at least 4 members (excludes halogenated alkanes) is 1. The Morgan fingerprint density at radius 1 is 1.10 bits per heavy atom. The van der Waals surface area contributed by atoms with Gasteiger partial charge in [-0.1, -0.05) is 40.0 Å². The van der Waals surface area contributed by atoms with Crippen LogP contribution in [-0.4, -0.2) is 29.1 Å². The van der Waals surface area contributed by atoms with E-state index in [9.17, 15) is 4.79 Å². The van der Waals surface area contributed by atoms with E-state index in [1.165, 1.54) is 32.1 Å². The average Bonchev–Trinajstić information content (AvgIpc) is 2.74. The number of carbonyl (C=O) groups is 1. The first-order chi connectivity index (χ1) is 9.67. The highest BCUT2D eigenvalue weighted by Crippen LogP contribution is 2.31. The molecule has 0 aromatic rings. The summed E-state index contributed by atoms with van der Waals surface area (Å²) in [5.74, 6) is 1.23. The van der Waals surface area contributed by atoms with Gasteiger partial charge in [0, 0.05) is 6.04 Å². The standard InChI is InChI=1S/C17H32N2O/c1-4-6-8-15-17(20)19(16(18-15)7-5-2)14-11-9-13(3)10-12-14/h13-16,18H,4-12H2,1-3H3. The molecule has 1 heterocycles. The van der Waals surface area contributed by atoms with Crippen molar-refractivity contribution in [2.75, 3.05) is 0 Å². The lowest BCUT2D eigenvalue weighted by Gasteiger charge is -2.37. The summed E-state index contributed by atoms with van der Waals surface area (Å²) in [7, 11) is 0. The fourth-order valence-corrected chi connectivity index (χ4v) is 3.78. The second-order valence-electron chi connectivity index (χ2n) is 6.83. The molecule has 3 nitrogen and oxygen atoms in total. The Hall–Kier alpha value is -0.570. The summed E-state index contributed by atoms with van der Waals surface area (Å²) in [6.45, 7) is 6.75. The maximum Gasteiger partial charge on any atom is 0.241 e. The van der Waals surface area contributed by atoms with Gasteiger partial charge in [-0.05, 0) is 44.4 Å². The molecule has 1 saturated carbocycles. The summed E-state index contributed by atoms with van der Waals surface area (Å²) < 4.78 is 0. The number of hydrogen-bond donors (Lipinski definition) is 1. The SMILES string of the molecule is CCCCC1NC(CCC)N(C2CCC(C)CC2)C1=O. The van der Waals surface area contributed by atoms with E-state index in [1.807, 2.05) is 0 Å². The minimum absolute atomic E-state index is 0.0887. The van der Waals surface area contributed by atoms with Gasteiger partial charge in [-0.3, -0.25) is 10.1 Å². The molecule has 0 bridgehead atoms. The van der Waals surface area contributed by atoms with Crippen molar-refractivity contribution >= 4 is 5.91 Å². The third kappa shape index (κ3) is 3.55. The lowest BCUT2D eigenvalue weighted by Crippen LogP contribution is -2.46. The molecule has 116 valence electrons. The molecule has 1 N–H and O–H groups in total. The van der Waals surface area contributed by atoms with Crippen LogP contribution in [0.15, 0.2) is 0 Å². The van der Waals surface area contributed by atoms with Gasteiger partial charge in [0.05, 0.1) is 12.2 Å². The number of rotatable bonds is 6. The third-order valence-electron chi connectivity index (χ3n) is 5.07. The maximum absolute atomic E-state index is 12.7. The fourth-order valence-electron chi connectivity index (χ4n) is 3.78. The van der Waals surface area contributed by atoms with Crippen molar-refractivity contribution in [1.82, 2.24) is 10.2 Å². The average molecular weight is 280 g/mol. The van der Waals surface area contributed by atoms with Crippen LogP contribution >= 0.6 is 0 Å². The minimum atomic E-state index is 0.0887. The molecule has 2 rings (SSSR count). The lowest BCUT2D eigenvalue weighted by atomic mass is 9.86. The van der Waals surface area contributed by atoms with Crippen molar-refractivity contribution < 1.29 is 4.79 Å². The fraction of sp³-hybridized carbons (Fsp3) is 0.941. The van der Waals surface area contributed by atoms with Crippen molar-refractivity contribution in [3.63, 3.8) is 0 Å². The molecule has 2 aliphatic rings. The van der Waals surface area contributed by atoms with Gasteiger partial charge in [-0.25, -0.2) is 0 Å². The van der Waals surface area contributed by atoms with Crippen LogP contribution < -0.4 is 5.32 Å². The molecule has 1 aliphatic carbocycles. The van der Waals surface area contributed by atoms with Crippen LogP contribution in [0.3, 0.4) is 0 Å². The predicted molar refractivity (Wildman–Crippen MR) is 83.4 cm³/mol. The first-order valence-electron chi connectivity index (χ1n) is 8.75. The highest BCUT2D eigenvalue weighted by molar-refractivity contribution is 5.84. The van der Waals surface area contributed by atoms with Gasteiger partial charge in [0.15, 0.2) is 0 Å². The van der Waals surface area contributed by atoms with E-state index >= 15 is 0 Å². The van der Waals surface area contributed by atoms with Gasteiger partial charge in [-0.2, -0.15) is 0 Å². The number of nitrogens with zero attached hydrogens (tertiary/aromatic N) is 1. The Morgan fingerprint density at radius 3 is 2.40 bits per heavy atom. The molecule has 0 aromatic carbocycles. The Bertz CT molecular complexity index is 310. The van der Waals surface area contributed by atoms with Crippen LogP contribution in [0, 0.1) is 5.92 Å². The molecule has 20 heavy (non-hydrogen) atoms. The largest absolute Gasteiger partial charge is 0.323 e. The summed E-state index contributed by atoms with van der Waals surface area (Å²) in [5.41, 5.74) is 0. The van der Waals surface area contributed by atoms with E-state index in [0.717, 1.165) is 31.6 Å². The maximum atomic E-state index is 12.7. The topological polar surface area (TPSA) is 32.3 Å². The molecule has 1 amide bonds. The van der Waals surface area contributed by atoms with Crippen molar-refractivity contribution in [3.05, 3.63) is 0 Å². The zero-order valence-corrected chi connectivity index (χ0v) is 13.5. The third-order valence-corrected chi connectivity index (χ3v) is 5.07. The second-order valence-corrected chi connectivity index (χ2v) is 6.83. The van der Waals surface area contributed by atoms with E-state index in [0.29, 0.717) is 18.1 Å². The molecule has 2 unspecified atom stereocenters. The Balaban J connectivity index is 2.01. The molecule has 2 fully saturated rings. The van der Waals surface area contributed by atoms with Crippen molar-refractivity contribution in [3.8, 4) is 0 Å². The molecule has 2 atom stereocenters. The summed E-state index contributed by atoms with van der Waals surface area (Å²) >= 11 is 0. The van der Waals surface area contributed by atoms with E-state index in [2.05, 4.69) is 31.0 Å². The van der Waals surface area contributed by atoms with E-state index in [1.54, 1.807) is 0 Å².